The van der Waals surface area contributed by atoms with Crippen LogP contribution in [0.2, 0.25) is 0 Å². The molecule has 2 N–H and O–H groups in total. The second-order valence-corrected chi connectivity index (χ2v) is 9.40. The molecule has 0 saturated heterocycles. The average molecular weight is 365 g/mol. The largest absolute Gasteiger partial charge is 0.479 e. The van der Waals surface area contributed by atoms with Gasteiger partial charge in [-0.25, -0.2) is 4.79 Å². The second-order valence-electron chi connectivity index (χ2n) is 8.92. The third-order valence-corrected chi connectivity index (χ3v) is 8.22. The predicted molar refractivity (Wildman–Crippen MR) is 94.0 cm³/mol. The number of carbonyl (C=O) groups excluding carboxylic acids is 1. The van der Waals surface area contributed by atoms with Gasteiger partial charge in [-0.15, -0.1) is 0 Å². The molecule has 0 spiro atoms. The fourth-order valence-electron chi connectivity index (χ4n) is 6.48. The lowest BCUT2D eigenvalue weighted by Gasteiger charge is -2.56. The lowest BCUT2D eigenvalue weighted by Crippen LogP contribution is -2.60. The third-order valence-electron chi connectivity index (χ3n) is 7.92. The number of hydrogen-bond acceptors (Lipinski definition) is 3. The lowest BCUT2D eigenvalue weighted by molar-refractivity contribution is -0.182. The van der Waals surface area contributed by atoms with Crippen molar-refractivity contribution in [1.82, 2.24) is 0 Å². The van der Waals surface area contributed by atoms with Crippen LogP contribution in [0, 0.1) is 28.6 Å². The van der Waals surface area contributed by atoms with Crippen LogP contribution in [0.15, 0.2) is 22.8 Å². The van der Waals surface area contributed by atoms with E-state index in [-0.39, 0.29) is 41.8 Å². The van der Waals surface area contributed by atoms with Crippen molar-refractivity contribution in [2.75, 3.05) is 0 Å². The zero-order chi connectivity index (χ0) is 18.2. The molecule has 4 aliphatic carbocycles. The summed E-state index contributed by atoms with van der Waals surface area (Å²) in [6.45, 7) is 3.97. The molecule has 0 radical (unpaired) electrons. The summed E-state index contributed by atoms with van der Waals surface area (Å²) in [4.78, 5) is 25.0. The predicted octanol–water partition coefficient (Wildman–Crippen LogP) is 3.68. The topological polar surface area (TPSA) is 74.6 Å². The molecule has 5 heteroatoms. The summed E-state index contributed by atoms with van der Waals surface area (Å²) in [7, 11) is 0. The summed E-state index contributed by atoms with van der Waals surface area (Å²) in [6.07, 6.45) is 7.67. The third kappa shape index (κ3) is 2.04. The zero-order valence-corrected chi connectivity index (χ0v) is 15.5. The van der Waals surface area contributed by atoms with Crippen LogP contribution in [0.5, 0.6) is 0 Å². The van der Waals surface area contributed by atoms with E-state index in [1.807, 2.05) is 13.0 Å². The van der Waals surface area contributed by atoms with Crippen LogP contribution >= 0.6 is 11.6 Å². The molecule has 6 atom stereocenters. The van der Waals surface area contributed by atoms with Crippen LogP contribution in [0.3, 0.4) is 0 Å². The van der Waals surface area contributed by atoms with Gasteiger partial charge in [0, 0.05) is 28.2 Å². The highest BCUT2D eigenvalue weighted by atomic mass is 35.5. The highest BCUT2D eigenvalue weighted by Gasteiger charge is 2.68. The first-order valence-electron chi connectivity index (χ1n) is 9.19. The summed E-state index contributed by atoms with van der Waals surface area (Å²) in [5.41, 5.74) is -1.72. The van der Waals surface area contributed by atoms with E-state index in [4.69, 9.17) is 11.6 Å². The van der Waals surface area contributed by atoms with Crippen LogP contribution in [0.25, 0.3) is 0 Å². The first-order valence-corrected chi connectivity index (χ1v) is 9.56. The number of hydrogen-bond donors (Lipinski definition) is 2. The highest BCUT2D eigenvalue weighted by molar-refractivity contribution is 6.29. The molecule has 0 bridgehead atoms. The van der Waals surface area contributed by atoms with Gasteiger partial charge in [-0.3, -0.25) is 4.79 Å². The molecule has 0 heterocycles. The Labute approximate surface area is 152 Å². The highest BCUT2D eigenvalue weighted by Crippen LogP contribution is 2.65. The zero-order valence-electron chi connectivity index (χ0n) is 14.7. The maximum atomic E-state index is 13.2. The van der Waals surface area contributed by atoms with E-state index in [0.717, 1.165) is 29.9 Å². The van der Waals surface area contributed by atoms with Crippen LogP contribution in [0.4, 0.5) is 0 Å². The molecular weight excluding hydrogens is 340 g/mol. The van der Waals surface area contributed by atoms with Gasteiger partial charge in [0.1, 0.15) is 5.78 Å². The number of aliphatic hydroxyl groups is 1. The summed E-state index contributed by atoms with van der Waals surface area (Å²) in [6, 6.07) is 0. The molecular formula is C20H25ClO4. The summed E-state index contributed by atoms with van der Waals surface area (Å²) < 4.78 is 0. The van der Waals surface area contributed by atoms with Crippen molar-refractivity contribution < 1.29 is 19.8 Å². The fourth-order valence-corrected chi connectivity index (χ4v) is 6.69. The van der Waals surface area contributed by atoms with Crippen molar-refractivity contribution in [3.63, 3.8) is 0 Å². The number of fused-ring (bicyclic) bond motifs is 5. The molecule has 0 aromatic heterocycles. The number of rotatable bonds is 1. The molecule has 25 heavy (non-hydrogen) atoms. The number of aliphatic carboxylic acids is 1. The van der Waals surface area contributed by atoms with E-state index in [9.17, 15) is 19.8 Å². The second kappa shape index (κ2) is 5.20. The minimum absolute atomic E-state index is 0.0623. The number of carboxylic acids is 1. The van der Waals surface area contributed by atoms with E-state index < -0.39 is 17.0 Å². The first-order chi connectivity index (χ1) is 11.6. The minimum atomic E-state index is -1.79. The Balaban J connectivity index is 1.79. The van der Waals surface area contributed by atoms with Crippen molar-refractivity contribution >= 4 is 23.4 Å². The van der Waals surface area contributed by atoms with Crippen molar-refractivity contribution in [3.05, 3.63) is 22.8 Å². The fraction of sp³-hybridized carbons (Fsp3) is 0.700. The molecule has 2 fully saturated rings. The van der Waals surface area contributed by atoms with Crippen molar-refractivity contribution in [2.45, 2.75) is 58.0 Å². The van der Waals surface area contributed by atoms with Gasteiger partial charge in [-0.2, -0.15) is 0 Å². The van der Waals surface area contributed by atoms with Crippen LogP contribution in [0.1, 0.15) is 52.4 Å². The van der Waals surface area contributed by atoms with E-state index >= 15 is 0 Å². The van der Waals surface area contributed by atoms with Crippen LogP contribution < -0.4 is 0 Å². The van der Waals surface area contributed by atoms with Crippen molar-refractivity contribution in [3.8, 4) is 0 Å². The molecule has 0 amide bonds. The molecule has 0 aliphatic heterocycles. The SMILES string of the molecule is C[C@]12CCC(Cl)=CC1=CC[C@@H]1[C@@H]2C(=O)C[C@@]2(C)[C@H]1CC[C@]2(O)C(=O)O. The van der Waals surface area contributed by atoms with E-state index in [2.05, 4.69) is 13.0 Å². The number of carboxylic acid groups (broad SMARTS) is 1. The number of allylic oxidation sites excluding steroid dienone is 4. The van der Waals surface area contributed by atoms with E-state index in [1.54, 1.807) is 0 Å². The number of carbonyl (C=O) groups is 2. The van der Waals surface area contributed by atoms with Gasteiger partial charge in [0.2, 0.25) is 0 Å². The van der Waals surface area contributed by atoms with Crippen LogP contribution in [-0.4, -0.2) is 27.6 Å². The van der Waals surface area contributed by atoms with E-state index in [0.29, 0.717) is 6.42 Å². The van der Waals surface area contributed by atoms with Gasteiger partial charge in [-0.1, -0.05) is 31.5 Å². The maximum Gasteiger partial charge on any atom is 0.336 e. The van der Waals surface area contributed by atoms with E-state index in [1.165, 1.54) is 0 Å². The molecule has 0 unspecified atom stereocenters. The Morgan fingerprint density at radius 1 is 1.32 bits per heavy atom. The summed E-state index contributed by atoms with van der Waals surface area (Å²) in [5.74, 6) is -0.993. The maximum absolute atomic E-state index is 13.2. The van der Waals surface area contributed by atoms with Gasteiger partial charge < -0.3 is 10.2 Å². The summed E-state index contributed by atoms with van der Waals surface area (Å²) >= 11 is 6.23. The Kier molecular flexibility index (Phi) is 3.60. The molecule has 4 nitrogen and oxygen atoms in total. The van der Waals surface area contributed by atoms with Crippen molar-refractivity contribution in [2.24, 2.45) is 28.6 Å². The van der Waals surface area contributed by atoms with Crippen molar-refractivity contribution in [1.29, 1.82) is 0 Å². The van der Waals surface area contributed by atoms with Gasteiger partial charge in [0.15, 0.2) is 5.60 Å². The Hall–Kier alpha value is -1.13. The Morgan fingerprint density at radius 3 is 2.72 bits per heavy atom. The Bertz CT molecular complexity index is 725. The normalized spacial score (nSPS) is 48.8. The number of halogens is 1. The number of ketones is 1. The monoisotopic (exact) mass is 364 g/mol. The minimum Gasteiger partial charge on any atom is -0.479 e. The molecule has 4 aliphatic rings. The van der Waals surface area contributed by atoms with Gasteiger partial charge in [0.25, 0.3) is 0 Å². The first kappa shape index (κ1) is 17.3. The van der Waals surface area contributed by atoms with Gasteiger partial charge >= 0.3 is 5.97 Å². The molecule has 0 aromatic rings. The summed E-state index contributed by atoms with van der Waals surface area (Å²) in [5, 5.41) is 21.3. The van der Waals surface area contributed by atoms with Crippen LogP contribution in [-0.2, 0) is 9.59 Å². The average Bonchev–Trinajstić information content (AvgIpc) is 2.80. The molecule has 4 rings (SSSR count). The molecule has 0 aromatic carbocycles. The standard InChI is InChI=1S/C20H25ClO4/c1-18-7-5-12(21)9-11(18)3-4-13-14-6-8-20(25,17(23)24)19(14,2)10-15(22)16(13)18/h3,9,13-14,16,25H,4-8,10H2,1-2H3,(H,23,24)/t13-,14-,16+,18-,19-,20-/m0/s1. The van der Waals surface area contributed by atoms with Gasteiger partial charge in [0.05, 0.1) is 0 Å². The molecule has 2 saturated carbocycles. The quantitative estimate of drug-likeness (QED) is 0.744. The Morgan fingerprint density at radius 2 is 2.04 bits per heavy atom. The lowest BCUT2D eigenvalue weighted by atomic mass is 9.47. The molecule has 136 valence electrons. The van der Waals surface area contributed by atoms with Gasteiger partial charge in [-0.05, 0) is 55.6 Å². The number of Topliss-reactive ketones (excluding diaryl/α,β-unsaturated/α-hetero) is 1. The smallest absolute Gasteiger partial charge is 0.336 e.